The van der Waals surface area contributed by atoms with Crippen LogP contribution in [0.1, 0.15) is 84.5 Å². The van der Waals surface area contributed by atoms with Gasteiger partial charge in [-0.2, -0.15) is 0 Å². The van der Waals surface area contributed by atoms with E-state index in [4.69, 9.17) is 15.9 Å². The number of aliphatic carboxylic acids is 1. The lowest BCUT2D eigenvalue weighted by molar-refractivity contribution is -0.136. The van der Waals surface area contributed by atoms with Crippen molar-refractivity contribution >= 4 is 11.9 Å². The minimum absolute atomic E-state index is 0.0174. The summed E-state index contributed by atoms with van der Waals surface area (Å²) in [7, 11) is 0. The van der Waals surface area contributed by atoms with Gasteiger partial charge in [-0.1, -0.05) is 65.2 Å². The van der Waals surface area contributed by atoms with Crippen LogP contribution in [0, 0.1) is 0 Å². The summed E-state index contributed by atoms with van der Waals surface area (Å²) in [6.45, 7) is 5.28. The van der Waals surface area contributed by atoms with Crippen LogP contribution in [0.3, 0.4) is 0 Å². The SMILES string of the molecule is CCC(=O)O.CCCCCCCCCCCC(=O)N(CCN)CCO. The number of carboxylic acid groups (broad SMARTS) is 1. The highest BCUT2D eigenvalue weighted by Gasteiger charge is 2.11. The summed E-state index contributed by atoms with van der Waals surface area (Å²) >= 11 is 0. The van der Waals surface area contributed by atoms with Crippen molar-refractivity contribution < 1.29 is 19.8 Å². The smallest absolute Gasteiger partial charge is 0.303 e. The molecule has 0 aliphatic heterocycles. The van der Waals surface area contributed by atoms with Crippen molar-refractivity contribution in [1.82, 2.24) is 4.90 Å². The number of unbranched alkanes of at least 4 members (excludes halogenated alkanes) is 8. The number of aliphatic hydroxyl groups is 1. The Labute approximate surface area is 153 Å². The number of rotatable bonds is 15. The molecule has 0 radical (unpaired) electrons. The van der Waals surface area contributed by atoms with E-state index in [2.05, 4.69) is 6.92 Å². The number of carbonyl (C=O) groups excluding carboxylic acids is 1. The molecule has 0 rings (SSSR count). The fourth-order valence-corrected chi connectivity index (χ4v) is 2.38. The maximum absolute atomic E-state index is 11.9. The molecule has 4 N–H and O–H groups in total. The summed E-state index contributed by atoms with van der Waals surface area (Å²) in [5.41, 5.74) is 5.47. The largest absolute Gasteiger partial charge is 0.481 e. The van der Waals surface area contributed by atoms with E-state index in [1.54, 1.807) is 11.8 Å². The first-order chi connectivity index (χ1) is 12.0. The van der Waals surface area contributed by atoms with Gasteiger partial charge >= 0.3 is 5.97 Å². The average Bonchev–Trinajstić information content (AvgIpc) is 2.60. The number of hydrogen-bond donors (Lipinski definition) is 3. The molecule has 150 valence electrons. The van der Waals surface area contributed by atoms with Gasteiger partial charge in [-0.15, -0.1) is 0 Å². The molecular formula is C19H40N2O4. The molecule has 0 aliphatic carbocycles. The number of nitrogens with two attached hydrogens (primary N) is 1. The van der Waals surface area contributed by atoms with E-state index in [1.807, 2.05) is 0 Å². The van der Waals surface area contributed by atoms with Gasteiger partial charge in [0.1, 0.15) is 0 Å². The Hall–Kier alpha value is -1.14. The van der Waals surface area contributed by atoms with E-state index >= 15 is 0 Å². The van der Waals surface area contributed by atoms with Crippen LogP contribution in [0.2, 0.25) is 0 Å². The zero-order valence-corrected chi connectivity index (χ0v) is 16.3. The number of aliphatic hydroxyl groups excluding tert-OH is 1. The molecule has 6 nitrogen and oxygen atoms in total. The summed E-state index contributed by atoms with van der Waals surface area (Å²) in [6, 6.07) is 0. The van der Waals surface area contributed by atoms with E-state index in [9.17, 15) is 9.59 Å². The molecule has 0 bridgehead atoms. The summed E-state index contributed by atoms with van der Waals surface area (Å²) in [5, 5.41) is 16.6. The predicted octanol–water partition coefficient (Wildman–Crippen LogP) is 3.17. The van der Waals surface area contributed by atoms with Crippen molar-refractivity contribution in [3.63, 3.8) is 0 Å². The van der Waals surface area contributed by atoms with Gasteiger partial charge in [0.25, 0.3) is 0 Å². The molecule has 6 heteroatoms. The number of carbonyl (C=O) groups is 2. The van der Waals surface area contributed by atoms with Gasteiger partial charge in [-0.25, -0.2) is 0 Å². The van der Waals surface area contributed by atoms with Crippen LogP contribution in [0.4, 0.5) is 0 Å². The Kier molecular flexibility index (Phi) is 21.8. The standard InChI is InChI=1S/C16H34N2O2.C3H6O2/c1-2-3-4-5-6-7-8-9-10-11-16(20)18(13-12-17)14-15-19;1-2-3(4)5/h19H,2-15,17H2,1H3;2H2,1H3,(H,4,5). The molecule has 0 aromatic rings. The minimum atomic E-state index is -0.745. The quantitative estimate of drug-likeness (QED) is 0.389. The molecule has 0 saturated carbocycles. The molecular weight excluding hydrogens is 320 g/mol. The van der Waals surface area contributed by atoms with Crippen LogP contribution in [0.25, 0.3) is 0 Å². The Bertz CT molecular complexity index is 306. The molecule has 0 heterocycles. The number of amides is 1. The second-order valence-corrected chi connectivity index (χ2v) is 6.22. The lowest BCUT2D eigenvalue weighted by Crippen LogP contribution is -2.37. The number of nitrogens with zero attached hydrogens (tertiary/aromatic N) is 1. The first-order valence-corrected chi connectivity index (χ1v) is 9.83. The first-order valence-electron chi connectivity index (χ1n) is 9.83. The van der Waals surface area contributed by atoms with Gasteiger partial charge in [0.05, 0.1) is 6.61 Å². The molecule has 0 atom stereocenters. The van der Waals surface area contributed by atoms with Gasteiger partial charge in [0, 0.05) is 32.5 Å². The molecule has 0 fully saturated rings. The van der Waals surface area contributed by atoms with Crippen molar-refractivity contribution in [2.75, 3.05) is 26.2 Å². The molecule has 0 aromatic heterocycles. The highest BCUT2D eigenvalue weighted by atomic mass is 16.4. The van der Waals surface area contributed by atoms with Crippen molar-refractivity contribution in [1.29, 1.82) is 0 Å². The van der Waals surface area contributed by atoms with Crippen molar-refractivity contribution in [3.05, 3.63) is 0 Å². The second kappa shape index (κ2) is 20.9. The predicted molar refractivity (Wildman–Crippen MR) is 102 cm³/mol. The van der Waals surface area contributed by atoms with E-state index < -0.39 is 5.97 Å². The van der Waals surface area contributed by atoms with Crippen LogP contribution in [0.5, 0.6) is 0 Å². The summed E-state index contributed by atoms with van der Waals surface area (Å²) < 4.78 is 0. The van der Waals surface area contributed by atoms with Crippen LogP contribution >= 0.6 is 0 Å². The maximum Gasteiger partial charge on any atom is 0.303 e. The maximum atomic E-state index is 11.9. The van der Waals surface area contributed by atoms with Gasteiger partial charge in [-0.3, -0.25) is 9.59 Å². The van der Waals surface area contributed by atoms with Crippen LogP contribution in [-0.2, 0) is 9.59 Å². The zero-order chi connectivity index (χ0) is 19.3. The Balaban J connectivity index is 0. The highest BCUT2D eigenvalue weighted by Crippen LogP contribution is 2.11. The summed E-state index contributed by atoms with van der Waals surface area (Å²) in [6.07, 6.45) is 12.1. The summed E-state index contributed by atoms with van der Waals surface area (Å²) in [4.78, 5) is 22.9. The van der Waals surface area contributed by atoms with Crippen LogP contribution < -0.4 is 5.73 Å². The fraction of sp³-hybridized carbons (Fsp3) is 0.895. The van der Waals surface area contributed by atoms with E-state index in [0.29, 0.717) is 26.1 Å². The summed E-state index contributed by atoms with van der Waals surface area (Å²) in [5.74, 6) is -0.613. The third-order valence-electron chi connectivity index (χ3n) is 3.92. The normalized spacial score (nSPS) is 10.1. The first kappa shape index (κ1) is 26.1. The van der Waals surface area contributed by atoms with E-state index in [0.717, 1.165) is 12.8 Å². The fourth-order valence-electron chi connectivity index (χ4n) is 2.38. The lowest BCUT2D eigenvalue weighted by atomic mass is 10.1. The third kappa shape index (κ3) is 20.8. The van der Waals surface area contributed by atoms with Crippen molar-refractivity contribution in [3.8, 4) is 0 Å². The van der Waals surface area contributed by atoms with Crippen molar-refractivity contribution in [2.45, 2.75) is 84.5 Å². The van der Waals surface area contributed by atoms with Gasteiger partial charge in [0.2, 0.25) is 5.91 Å². The van der Waals surface area contributed by atoms with Crippen LogP contribution in [-0.4, -0.2) is 53.2 Å². The lowest BCUT2D eigenvalue weighted by Gasteiger charge is -2.20. The Morgan fingerprint density at radius 3 is 1.76 bits per heavy atom. The molecule has 0 aliphatic rings. The Morgan fingerprint density at radius 1 is 0.880 bits per heavy atom. The van der Waals surface area contributed by atoms with Crippen LogP contribution in [0.15, 0.2) is 0 Å². The Morgan fingerprint density at radius 2 is 1.36 bits per heavy atom. The van der Waals surface area contributed by atoms with Crippen molar-refractivity contribution in [2.24, 2.45) is 5.73 Å². The molecule has 0 spiro atoms. The second-order valence-electron chi connectivity index (χ2n) is 6.22. The third-order valence-corrected chi connectivity index (χ3v) is 3.92. The molecule has 1 amide bonds. The minimum Gasteiger partial charge on any atom is -0.481 e. The van der Waals surface area contributed by atoms with Gasteiger partial charge < -0.3 is 20.8 Å². The van der Waals surface area contributed by atoms with Gasteiger partial charge in [0.15, 0.2) is 0 Å². The van der Waals surface area contributed by atoms with E-state index in [-0.39, 0.29) is 18.9 Å². The highest BCUT2D eigenvalue weighted by molar-refractivity contribution is 5.76. The molecule has 0 saturated heterocycles. The number of hydrogen-bond acceptors (Lipinski definition) is 4. The molecule has 0 aromatic carbocycles. The number of carboxylic acids is 1. The monoisotopic (exact) mass is 360 g/mol. The average molecular weight is 361 g/mol. The van der Waals surface area contributed by atoms with E-state index in [1.165, 1.54) is 44.9 Å². The molecule has 0 unspecified atom stereocenters. The molecule has 25 heavy (non-hydrogen) atoms. The topological polar surface area (TPSA) is 104 Å². The van der Waals surface area contributed by atoms with Gasteiger partial charge in [-0.05, 0) is 6.42 Å². The zero-order valence-electron chi connectivity index (χ0n) is 16.3.